The summed E-state index contributed by atoms with van der Waals surface area (Å²) in [5.74, 6) is 0.0547. The molecule has 4 heterocycles. The Morgan fingerprint density at radius 2 is 2.00 bits per heavy atom. The highest BCUT2D eigenvalue weighted by Gasteiger charge is 2.35. The number of hydrogen-bond acceptors (Lipinski definition) is 6. The van der Waals surface area contributed by atoms with Crippen LogP contribution >= 0.6 is 23.1 Å². The number of carbonyl (C=O) groups excluding carboxylic acids is 1. The van der Waals surface area contributed by atoms with Gasteiger partial charge in [0, 0.05) is 16.9 Å². The molecular formula is C21H13FN4O2S2. The first-order chi connectivity index (χ1) is 14.6. The summed E-state index contributed by atoms with van der Waals surface area (Å²) in [7, 11) is 0. The molecule has 0 bridgehead atoms. The number of rotatable bonds is 4. The van der Waals surface area contributed by atoms with Crippen molar-refractivity contribution in [3.8, 4) is 11.3 Å². The molecule has 3 aromatic rings. The van der Waals surface area contributed by atoms with Gasteiger partial charge in [-0.25, -0.2) is 4.39 Å². The van der Waals surface area contributed by atoms with Gasteiger partial charge in [-0.05, 0) is 65.7 Å². The quantitative estimate of drug-likeness (QED) is 0.583. The maximum Gasteiger partial charge on any atom is 0.283 e. The van der Waals surface area contributed by atoms with Crippen molar-refractivity contribution in [3.05, 3.63) is 75.9 Å². The molecule has 30 heavy (non-hydrogen) atoms. The zero-order chi connectivity index (χ0) is 20.7. The summed E-state index contributed by atoms with van der Waals surface area (Å²) in [6.07, 6.45) is 2.12. The molecule has 0 radical (unpaired) electrons. The minimum absolute atomic E-state index is 0.0431. The van der Waals surface area contributed by atoms with Crippen molar-refractivity contribution in [1.82, 2.24) is 5.01 Å². The third-order valence-electron chi connectivity index (χ3n) is 4.44. The van der Waals surface area contributed by atoms with Crippen molar-refractivity contribution >= 4 is 51.1 Å². The number of thioether (sulfide) groups is 1. The van der Waals surface area contributed by atoms with Crippen molar-refractivity contribution in [1.29, 1.82) is 5.41 Å². The van der Waals surface area contributed by atoms with Gasteiger partial charge in [0.05, 0.1) is 5.57 Å². The van der Waals surface area contributed by atoms with E-state index in [9.17, 15) is 9.18 Å². The summed E-state index contributed by atoms with van der Waals surface area (Å²) < 4.78 is 18.9. The number of carbonyl (C=O) groups is 1. The average molecular weight is 436 g/mol. The van der Waals surface area contributed by atoms with E-state index in [2.05, 4.69) is 10.1 Å². The number of nitrogens with zero attached hydrogens (tertiary/aromatic N) is 3. The minimum atomic E-state index is -0.508. The van der Waals surface area contributed by atoms with Crippen LogP contribution in [0.15, 0.2) is 74.0 Å². The van der Waals surface area contributed by atoms with Gasteiger partial charge in [0.15, 0.2) is 5.84 Å². The first-order valence-corrected chi connectivity index (χ1v) is 10.6. The summed E-state index contributed by atoms with van der Waals surface area (Å²) in [4.78, 5) is 17.8. The number of thiophene rings is 1. The molecule has 9 heteroatoms. The van der Waals surface area contributed by atoms with Gasteiger partial charge in [0.25, 0.3) is 5.91 Å². The Hall–Kier alpha value is -3.30. The molecule has 148 valence electrons. The van der Waals surface area contributed by atoms with Gasteiger partial charge in [0.1, 0.15) is 22.4 Å². The molecule has 2 aromatic heterocycles. The van der Waals surface area contributed by atoms with Crippen LogP contribution in [0.4, 0.5) is 4.39 Å². The fourth-order valence-electron chi connectivity index (χ4n) is 3.01. The molecule has 0 aliphatic carbocycles. The Kier molecular flexibility index (Phi) is 4.68. The largest absolute Gasteiger partial charge is 0.457 e. The van der Waals surface area contributed by atoms with E-state index in [-0.39, 0.29) is 17.2 Å². The van der Waals surface area contributed by atoms with Crippen LogP contribution in [0.25, 0.3) is 17.4 Å². The fraction of sp³-hybridized carbons (Fsp3) is 0.0476. The number of hydrogen-bond donors (Lipinski definition) is 1. The van der Waals surface area contributed by atoms with Crippen molar-refractivity contribution in [2.75, 3.05) is 0 Å². The summed E-state index contributed by atoms with van der Waals surface area (Å²) in [5, 5.41) is 17.4. The molecule has 0 saturated heterocycles. The molecule has 2 aliphatic rings. The predicted octanol–water partition coefficient (Wildman–Crippen LogP) is 5.01. The number of amidine groups is 2. The molecule has 6 nitrogen and oxygen atoms in total. The Bertz CT molecular complexity index is 1240. The smallest absolute Gasteiger partial charge is 0.283 e. The number of nitrogens with one attached hydrogen (secondary N) is 1. The van der Waals surface area contributed by atoms with Crippen LogP contribution in [0, 0.1) is 11.2 Å². The van der Waals surface area contributed by atoms with Gasteiger partial charge in [-0.3, -0.25) is 10.2 Å². The van der Waals surface area contributed by atoms with Crippen LogP contribution in [0.5, 0.6) is 0 Å². The second-order valence-electron chi connectivity index (χ2n) is 6.48. The zero-order valence-electron chi connectivity index (χ0n) is 15.3. The molecule has 1 N–H and O–H groups in total. The second kappa shape index (κ2) is 7.51. The van der Waals surface area contributed by atoms with E-state index in [1.165, 1.54) is 35.0 Å². The van der Waals surface area contributed by atoms with Gasteiger partial charge < -0.3 is 4.42 Å². The lowest BCUT2D eigenvalue weighted by molar-refractivity contribution is -0.114. The predicted molar refractivity (Wildman–Crippen MR) is 117 cm³/mol. The number of amides is 1. The number of aliphatic imine (C=N–C) groups is 1. The molecule has 5 rings (SSSR count). The molecule has 0 saturated carbocycles. The SMILES string of the molecule is N=C1/C(=C\c2ccc(-c3ccc(F)cc3)o2)C(=O)N=C2SC(Cc3cccs3)=NN12. The molecule has 0 spiro atoms. The van der Waals surface area contributed by atoms with Crippen molar-refractivity contribution in [2.45, 2.75) is 6.42 Å². The summed E-state index contributed by atoms with van der Waals surface area (Å²) in [6, 6.07) is 13.3. The lowest BCUT2D eigenvalue weighted by Crippen LogP contribution is -2.35. The number of benzene rings is 1. The highest BCUT2D eigenvalue weighted by Crippen LogP contribution is 2.31. The third-order valence-corrected chi connectivity index (χ3v) is 6.23. The normalized spacial score (nSPS) is 17.4. The number of hydrazone groups is 1. The number of fused-ring (bicyclic) bond motifs is 1. The summed E-state index contributed by atoms with van der Waals surface area (Å²) in [6.45, 7) is 0. The van der Waals surface area contributed by atoms with E-state index in [0.717, 1.165) is 9.92 Å². The average Bonchev–Trinajstić information content (AvgIpc) is 3.47. The summed E-state index contributed by atoms with van der Waals surface area (Å²) >= 11 is 2.93. The van der Waals surface area contributed by atoms with Crippen LogP contribution in [-0.2, 0) is 11.2 Å². The lowest BCUT2D eigenvalue weighted by Gasteiger charge is -2.19. The van der Waals surface area contributed by atoms with E-state index in [4.69, 9.17) is 9.83 Å². The zero-order valence-corrected chi connectivity index (χ0v) is 17.0. The molecule has 0 unspecified atom stereocenters. The Morgan fingerprint density at radius 3 is 2.77 bits per heavy atom. The number of furan rings is 1. The first kappa shape index (κ1) is 18.7. The van der Waals surface area contributed by atoms with E-state index in [1.807, 2.05) is 17.5 Å². The highest BCUT2D eigenvalue weighted by molar-refractivity contribution is 8.27. The molecule has 0 fully saturated rings. The van der Waals surface area contributed by atoms with Gasteiger partial charge in [-0.2, -0.15) is 15.1 Å². The molecular weight excluding hydrogens is 423 g/mol. The van der Waals surface area contributed by atoms with Gasteiger partial charge in [0.2, 0.25) is 5.17 Å². The van der Waals surface area contributed by atoms with E-state index >= 15 is 0 Å². The maximum atomic E-state index is 13.1. The Balaban J connectivity index is 1.40. The lowest BCUT2D eigenvalue weighted by atomic mass is 10.1. The minimum Gasteiger partial charge on any atom is -0.457 e. The van der Waals surface area contributed by atoms with Crippen LogP contribution in [-0.4, -0.2) is 27.0 Å². The van der Waals surface area contributed by atoms with Crippen molar-refractivity contribution < 1.29 is 13.6 Å². The van der Waals surface area contributed by atoms with E-state index in [1.54, 1.807) is 35.6 Å². The molecule has 0 atom stereocenters. The van der Waals surface area contributed by atoms with E-state index in [0.29, 0.717) is 28.7 Å². The van der Waals surface area contributed by atoms with Crippen molar-refractivity contribution in [2.24, 2.45) is 10.1 Å². The molecule has 1 aromatic carbocycles. The standard InChI is InChI=1S/C21H13FN4O2S2/c22-13-5-3-12(4-6-13)17-8-7-14(28-17)10-16-19(23)26-21(24-20(16)27)30-18(25-26)11-15-2-1-9-29-15/h1-10,23H,11H2/b16-10+,23-19?. The van der Waals surface area contributed by atoms with Gasteiger partial charge in [-0.1, -0.05) is 6.07 Å². The third kappa shape index (κ3) is 3.53. The van der Waals surface area contributed by atoms with Crippen molar-refractivity contribution in [3.63, 3.8) is 0 Å². The first-order valence-electron chi connectivity index (χ1n) is 8.94. The van der Waals surface area contributed by atoms with Crippen LogP contribution in [0.2, 0.25) is 0 Å². The summed E-state index contributed by atoms with van der Waals surface area (Å²) in [5.41, 5.74) is 0.811. The van der Waals surface area contributed by atoms with Gasteiger partial charge >= 0.3 is 0 Å². The highest BCUT2D eigenvalue weighted by atomic mass is 32.2. The maximum absolute atomic E-state index is 13.1. The van der Waals surface area contributed by atoms with Crippen LogP contribution in [0.1, 0.15) is 10.6 Å². The molecule has 2 aliphatic heterocycles. The second-order valence-corrected chi connectivity index (χ2v) is 8.55. The monoisotopic (exact) mass is 436 g/mol. The fourth-order valence-corrected chi connectivity index (χ4v) is 4.72. The number of halogens is 1. The Labute approximate surface area is 178 Å². The van der Waals surface area contributed by atoms with Gasteiger partial charge in [-0.15, -0.1) is 11.3 Å². The van der Waals surface area contributed by atoms with E-state index < -0.39 is 5.91 Å². The topological polar surface area (TPSA) is 82.0 Å². The molecule has 1 amide bonds. The van der Waals surface area contributed by atoms with Crippen LogP contribution in [0.3, 0.4) is 0 Å². The Morgan fingerprint density at radius 1 is 1.17 bits per heavy atom. The van der Waals surface area contributed by atoms with Crippen LogP contribution < -0.4 is 0 Å².